The van der Waals surface area contributed by atoms with Gasteiger partial charge in [0.1, 0.15) is 0 Å². The summed E-state index contributed by atoms with van der Waals surface area (Å²) in [5, 5.41) is 7.20. The fraction of sp³-hybridized carbons (Fsp3) is 0. The van der Waals surface area contributed by atoms with Crippen LogP contribution >= 0.6 is 0 Å². The molecular weight excluding hydrogens is 556 g/mol. The van der Waals surface area contributed by atoms with Crippen molar-refractivity contribution in [3.63, 3.8) is 0 Å². The van der Waals surface area contributed by atoms with Crippen LogP contribution in [-0.2, 0) is 0 Å². The van der Waals surface area contributed by atoms with Gasteiger partial charge in [-0.1, -0.05) is 152 Å². The number of hydrogen-bond acceptors (Lipinski definition) is 2. The van der Waals surface area contributed by atoms with Crippen LogP contribution in [0.2, 0.25) is 0 Å². The number of hydrogen-bond donors (Lipinski definition) is 0. The number of benzene rings is 7. The first-order valence-corrected chi connectivity index (χ1v) is 15.7. The van der Waals surface area contributed by atoms with Crippen molar-refractivity contribution in [2.24, 2.45) is 0 Å². The molecule has 0 amide bonds. The molecule has 0 unspecified atom stereocenters. The van der Waals surface area contributed by atoms with Crippen molar-refractivity contribution in [3.05, 3.63) is 170 Å². The van der Waals surface area contributed by atoms with Gasteiger partial charge in [0, 0.05) is 22.5 Å². The monoisotopic (exact) mass is 584 g/mol. The Hall–Kier alpha value is -6.12. The van der Waals surface area contributed by atoms with Crippen LogP contribution in [0.5, 0.6) is 0 Å². The normalized spacial score (nSPS) is 11.5. The molecule has 2 aromatic heterocycles. The predicted molar refractivity (Wildman–Crippen MR) is 194 cm³/mol. The zero-order valence-electron chi connectivity index (χ0n) is 25.1. The van der Waals surface area contributed by atoms with Crippen LogP contribution < -0.4 is 0 Å². The van der Waals surface area contributed by atoms with E-state index >= 15 is 0 Å². The summed E-state index contributed by atoms with van der Waals surface area (Å²) in [7, 11) is 0. The Balaban J connectivity index is 1.18. The number of fused-ring (bicyclic) bond motifs is 5. The molecule has 9 aromatic rings. The van der Waals surface area contributed by atoms with Crippen LogP contribution in [0.4, 0.5) is 0 Å². The number of rotatable bonds is 4. The van der Waals surface area contributed by atoms with E-state index in [0.717, 1.165) is 33.1 Å². The molecule has 2 heteroatoms. The maximum atomic E-state index is 5.08. The van der Waals surface area contributed by atoms with E-state index in [1.165, 1.54) is 54.9 Å². The third kappa shape index (κ3) is 4.35. The molecule has 0 saturated heterocycles. The quantitative estimate of drug-likeness (QED) is 0.152. The molecule has 0 N–H and O–H groups in total. The Morgan fingerprint density at radius 1 is 0.304 bits per heavy atom. The van der Waals surface area contributed by atoms with E-state index in [0.29, 0.717) is 0 Å². The average molecular weight is 585 g/mol. The molecular formula is C44H28N2. The van der Waals surface area contributed by atoms with Crippen LogP contribution in [0, 0.1) is 0 Å². The van der Waals surface area contributed by atoms with Gasteiger partial charge in [-0.05, 0) is 67.1 Å². The molecule has 9 rings (SSSR count). The lowest BCUT2D eigenvalue weighted by Crippen LogP contribution is -1.91. The Bertz CT molecular complexity index is 2490. The minimum absolute atomic E-state index is 0.934. The zero-order chi connectivity index (χ0) is 30.5. The largest absolute Gasteiger partial charge is 0.254 e. The van der Waals surface area contributed by atoms with Crippen molar-refractivity contribution in [2.75, 3.05) is 0 Å². The molecule has 0 radical (unpaired) electrons. The third-order valence-electron chi connectivity index (χ3n) is 9.11. The number of aromatic nitrogens is 2. The molecule has 2 nitrogen and oxygen atoms in total. The van der Waals surface area contributed by atoms with E-state index in [4.69, 9.17) is 4.98 Å². The third-order valence-corrected chi connectivity index (χ3v) is 9.11. The van der Waals surface area contributed by atoms with Crippen LogP contribution in [0.3, 0.4) is 0 Å². The van der Waals surface area contributed by atoms with Gasteiger partial charge in [0.15, 0.2) is 0 Å². The van der Waals surface area contributed by atoms with E-state index in [2.05, 4.69) is 163 Å². The van der Waals surface area contributed by atoms with Gasteiger partial charge >= 0.3 is 0 Å². The summed E-state index contributed by atoms with van der Waals surface area (Å²) in [5.74, 6) is 0. The highest BCUT2D eigenvalue weighted by atomic mass is 14.7. The highest BCUT2D eigenvalue weighted by Gasteiger charge is 2.17. The van der Waals surface area contributed by atoms with E-state index in [1.807, 2.05) is 12.3 Å². The molecule has 214 valence electrons. The van der Waals surface area contributed by atoms with E-state index in [1.54, 1.807) is 0 Å². The molecule has 0 aliphatic heterocycles. The van der Waals surface area contributed by atoms with E-state index < -0.39 is 0 Å². The Kier molecular flexibility index (Phi) is 6.17. The van der Waals surface area contributed by atoms with Crippen LogP contribution in [0.25, 0.3) is 88.0 Å². The summed E-state index contributed by atoms with van der Waals surface area (Å²) < 4.78 is 0. The second-order valence-electron chi connectivity index (χ2n) is 11.8. The topological polar surface area (TPSA) is 25.8 Å². The lowest BCUT2D eigenvalue weighted by Gasteiger charge is -2.18. The molecule has 46 heavy (non-hydrogen) atoms. The SMILES string of the molecule is c1ccc(-c2ccc(-c3c4ccccc4c(-c4ccc(-c5ccc6ccc7cccnc7c6n5)cc4)c4ccccc34)cc2)cc1. The standard InChI is InChI=1S/C44H28N2/c1-2-9-29(10-3-1)30-16-20-32(21-17-30)41-36-12-4-6-14-38(36)42(39-15-7-5-13-37(39)41)33-22-18-31(19-23-33)40-27-26-35-25-24-34-11-8-28-45-43(34)44(35)46-40/h1-28H. The minimum Gasteiger partial charge on any atom is -0.254 e. The van der Waals surface area contributed by atoms with Crippen molar-refractivity contribution in [1.29, 1.82) is 0 Å². The van der Waals surface area contributed by atoms with Crippen LogP contribution in [0.15, 0.2) is 170 Å². The van der Waals surface area contributed by atoms with Gasteiger partial charge in [-0.25, -0.2) is 4.98 Å². The first-order chi connectivity index (χ1) is 22.8. The molecule has 0 fully saturated rings. The highest BCUT2D eigenvalue weighted by molar-refractivity contribution is 6.21. The van der Waals surface area contributed by atoms with Crippen molar-refractivity contribution >= 4 is 43.4 Å². The summed E-state index contributed by atoms with van der Waals surface area (Å²) in [6.07, 6.45) is 1.84. The lowest BCUT2D eigenvalue weighted by molar-refractivity contribution is 1.37. The smallest absolute Gasteiger partial charge is 0.0972 e. The first-order valence-electron chi connectivity index (χ1n) is 15.7. The van der Waals surface area contributed by atoms with Gasteiger partial charge in [0.25, 0.3) is 0 Å². The molecule has 7 aromatic carbocycles. The maximum Gasteiger partial charge on any atom is 0.0972 e. The zero-order valence-corrected chi connectivity index (χ0v) is 25.1. The molecule has 0 saturated carbocycles. The van der Waals surface area contributed by atoms with Gasteiger partial charge in [0.05, 0.1) is 16.7 Å². The maximum absolute atomic E-state index is 5.08. The Labute approximate surface area is 267 Å². The van der Waals surface area contributed by atoms with E-state index in [9.17, 15) is 0 Å². The van der Waals surface area contributed by atoms with Crippen molar-refractivity contribution in [2.45, 2.75) is 0 Å². The van der Waals surface area contributed by atoms with Crippen molar-refractivity contribution in [3.8, 4) is 44.6 Å². The van der Waals surface area contributed by atoms with Crippen LogP contribution in [0.1, 0.15) is 0 Å². The molecule has 0 aliphatic carbocycles. The van der Waals surface area contributed by atoms with Crippen molar-refractivity contribution < 1.29 is 0 Å². The molecule has 0 aliphatic rings. The predicted octanol–water partition coefficient (Wildman–Crippen LogP) is 11.8. The summed E-state index contributed by atoms with van der Waals surface area (Å²) in [5.41, 5.74) is 11.3. The summed E-state index contributed by atoms with van der Waals surface area (Å²) >= 11 is 0. The van der Waals surface area contributed by atoms with Gasteiger partial charge in [-0.15, -0.1) is 0 Å². The lowest BCUT2D eigenvalue weighted by atomic mass is 9.85. The molecule has 2 heterocycles. The summed E-state index contributed by atoms with van der Waals surface area (Å²) in [6, 6.07) is 58.6. The average Bonchev–Trinajstić information content (AvgIpc) is 3.14. The van der Waals surface area contributed by atoms with Gasteiger partial charge in [-0.3, -0.25) is 4.98 Å². The highest BCUT2D eigenvalue weighted by Crippen LogP contribution is 2.44. The Morgan fingerprint density at radius 3 is 1.35 bits per heavy atom. The molecule has 0 spiro atoms. The van der Waals surface area contributed by atoms with Gasteiger partial charge < -0.3 is 0 Å². The second-order valence-corrected chi connectivity index (χ2v) is 11.8. The first kappa shape index (κ1) is 26.3. The molecule has 0 atom stereocenters. The summed E-state index contributed by atoms with van der Waals surface area (Å²) in [6.45, 7) is 0. The minimum atomic E-state index is 0.934. The molecule has 0 bridgehead atoms. The fourth-order valence-corrected chi connectivity index (χ4v) is 6.90. The van der Waals surface area contributed by atoms with Crippen LogP contribution in [-0.4, -0.2) is 9.97 Å². The Morgan fingerprint density at radius 2 is 0.761 bits per heavy atom. The van der Waals surface area contributed by atoms with Gasteiger partial charge in [-0.2, -0.15) is 0 Å². The van der Waals surface area contributed by atoms with Crippen molar-refractivity contribution in [1.82, 2.24) is 9.97 Å². The number of pyridine rings is 2. The van der Waals surface area contributed by atoms with E-state index in [-0.39, 0.29) is 0 Å². The second kappa shape index (κ2) is 10.8. The number of nitrogens with zero attached hydrogens (tertiary/aromatic N) is 2. The fourth-order valence-electron chi connectivity index (χ4n) is 6.90. The summed E-state index contributed by atoms with van der Waals surface area (Å²) in [4.78, 5) is 9.72. The van der Waals surface area contributed by atoms with Gasteiger partial charge in [0.2, 0.25) is 0 Å².